The maximum absolute atomic E-state index is 8.58. The van der Waals surface area contributed by atoms with Crippen molar-refractivity contribution in [2.45, 2.75) is 0 Å². The molecular weight excluding hydrogens is 1840 g/mol. The summed E-state index contributed by atoms with van der Waals surface area (Å²) in [6.45, 7) is 0. The van der Waals surface area contributed by atoms with Crippen LogP contribution < -0.4 is 19.2 Å². The van der Waals surface area contributed by atoms with E-state index in [2.05, 4.69) is 0 Å². The van der Waals surface area contributed by atoms with Crippen molar-refractivity contribution in [2.24, 2.45) is 0 Å². The molecule has 0 bridgehead atoms. The molecule has 352 valence electrons. The summed E-state index contributed by atoms with van der Waals surface area (Å²) in [5, 5.41) is 0. The smallest absolute Gasteiger partial charge is 2.00 e. The van der Waals surface area contributed by atoms with Crippen molar-refractivity contribution in [3.8, 4) is 0 Å². The molecule has 0 atom stereocenters. The fourth-order valence-corrected chi connectivity index (χ4v) is 0. The van der Waals surface area contributed by atoms with Gasteiger partial charge in [-0.1, -0.05) is 0 Å². The Kier molecular flexibility index (Phi) is 43200. The van der Waals surface area contributed by atoms with Crippen LogP contribution in [-0.2, 0) is 390 Å². The van der Waals surface area contributed by atoms with E-state index in [1.54, 1.807) is 0 Å². The first-order valence-electron chi connectivity index (χ1n) is 0.816. The van der Waals surface area contributed by atoms with Gasteiger partial charge in [0.1, 0.15) is 0 Å². The van der Waals surface area contributed by atoms with E-state index in [1.807, 2.05) is 0 Å². The summed E-state index contributed by atoms with van der Waals surface area (Å²) in [5.74, 6) is 0. The average Bonchev–Trinajstić information content (AvgIpc) is 0.722. The van der Waals surface area contributed by atoms with Crippen LogP contribution in [0.15, 0.2) is 0 Å². The van der Waals surface area contributed by atoms with Crippen molar-refractivity contribution >= 4 is 9.05 Å². The van der Waals surface area contributed by atoms with Gasteiger partial charge in [0.2, 0.25) is 0 Å². The van der Waals surface area contributed by atoms with E-state index in [0.29, 0.717) is 0 Å². The van der Waals surface area contributed by atoms with E-state index in [4.69, 9.17) is 19.2 Å². The van der Waals surface area contributed by atoms with Crippen LogP contribution in [0.4, 0.5) is 0 Å². The normalized spacial score (nSPS) is 1.11. The Labute approximate surface area is 477 Å². The fraction of sp³-hybridized carbons (Fsp3) is 0. The van der Waals surface area contributed by atoms with Crippen LogP contribution >= 0.6 is 0 Å². The van der Waals surface area contributed by atoms with Gasteiger partial charge in [0.05, 0.1) is 0 Å². The molecule has 0 radical (unpaired) electrons. The zero-order valence-corrected chi connectivity index (χ0v) is 48.5. The zero-order chi connectivity index (χ0) is 4.50. The van der Waals surface area contributed by atoms with Crippen LogP contribution in [0.3, 0.4) is 0 Å². The maximum atomic E-state index is 8.58. The van der Waals surface area contributed by atoms with Crippen LogP contribution in [0.1, 0.15) is 0 Å². The van der Waals surface area contributed by atoms with Gasteiger partial charge >= 0.3 is 253 Å². The van der Waals surface area contributed by atoms with E-state index in [-0.39, 0.29) is 455 Å². The van der Waals surface area contributed by atoms with E-state index in [0.717, 1.165) is 0 Å². The van der Waals surface area contributed by atoms with Crippen LogP contribution in [0.2, 0.25) is 0 Å². The molecule has 0 aliphatic carbocycles. The van der Waals surface area contributed by atoms with E-state index in [9.17, 15) is 0 Å². The second kappa shape index (κ2) is 1260. The molecule has 0 aliphatic rings. The molecular formula is H27Mo12O41Si-3. The van der Waals surface area contributed by atoms with Gasteiger partial charge in [0.25, 0.3) is 0 Å². The summed E-state index contributed by atoms with van der Waals surface area (Å²) in [7, 11) is -5.61. The minimum atomic E-state index is -5.61. The van der Waals surface area contributed by atoms with E-state index >= 15 is 0 Å². The van der Waals surface area contributed by atoms with Gasteiger partial charge in [0, 0.05) is 0 Å². The zero-order valence-electron chi connectivity index (χ0n) is 23.4. The first-order valence-corrected chi connectivity index (χ1v) is 2.45. The SMILES string of the molecule is O.O.O.O.O.O.O.O.O.O.O.O.[Mo+4].[Mo+4].[Mo+4].[Mo+4].[Mo+4].[Mo+4].[Mo+4].[Mo+4].[Mo+4].[Mo+4].[Mo+4].[Mo+4].[O-2].[O-2].[O-2].[O-2].[O-2].[O-2].[O-2].[O-2].[O-2].[O-2].[O-2].[O-2].[O-2].[O-2].[O-2].[O-2].[O-2].[O-2].[O-2].[O-2].[O-2].[O-2].[O-2].[O-2].[O-][Si]([O-])([O-])[O-].[OH3+]. The van der Waals surface area contributed by atoms with Crippen LogP contribution in [0, 0.1) is 0 Å². The van der Waals surface area contributed by atoms with Gasteiger partial charge in [-0.3, -0.25) is 0 Å². The Morgan fingerprint density at radius 1 is 0.148 bits per heavy atom. The molecule has 0 rings (SSSR count). The molecule has 0 aromatic rings. The molecule has 54 heteroatoms. The van der Waals surface area contributed by atoms with Crippen molar-refractivity contribution in [3.63, 3.8) is 0 Å². The van der Waals surface area contributed by atoms with Gasteiger partial charge in [-0.05, 0) is 0 Å². The van der Waals surface area contributed by atoms with Gasteiger partial charge in [-0.25, -0.2) is 0 Å². The quantitative estimate of drug-likeness (QED) is 0.168. The minimum absolute atomic E-state index is 0. The molecule has 27 N–H and O–H groups in total. The van der Waals surface area contributed by atoms with Crippen molar-refractivity contribution in [3.05, 3.63) is 0 Å². The van der Waals surface area contributed by atoms with Gasteiger partial charge < -0.3 is 231 Å². The monoisotopic (exact) mass is 1890 g/mol. The molecule has 0 amide bonds. The van der Waals surface area contributed by atoms with Crippen molar-refractivity contribution in [2.75, 3.05) is 0 Å². The van der Waals surface area contributed by atoms with Crippen LogP contribution in [0.5, 0.6) is 0 Å². The van der Waals surface area contributed by atoms with Crippen molar-refractivity contribution in [1.29, 1.82) is 0 Å². The molecule has 0 aromatic heterocycles. The Hall–Kier alpha value is 6.84. The molecule has 0 saturated heterocycles. The molecule has 0 aromatic carbocycles. The summed E-state index contributed by atoms with van der Waals surface area (Å²) in [5.41, 5.74) is 0. The van der Waals surface area contributed by atoms with E-state index < -0.39 is 9.05 Å². The fourth-order valence-electron chi connectivity index (χ4n) is 0. The third kappa shape index (κ3) is 4210. The summed E-state index contributed by atoms with van der Waals surface area (Å²) in [6.07, 6.45) is 0. The van der Waals surface area contributed by atoms with Crippen molar-refractivity contribution < 1.29 is 475 Å². The van der Waals surface area contributed by atoms with Crippen LogP contribution in [-0.4, -0.2) is 74.8 Å². The topological polar surface area (TPSA) is 1190 Å². The third-order valence-electron chi connectivity index (χ3n) is 0. The molecule has 0 fully saturated rings. The van der Waals surface area contributed by atoms with Gasteiger partial charge in [-0.2, -0.15) is 0 Å². The number of hydrogen-bond donors (Lipinski definition) is 0. The number of hydrogen-bond acceptors (Lipinski definition) is 4. The predicted molar refractivity (Wildman–Crippen MR) is 70.5 cm³/mol. The Morgan fingerprint density at radius 2 is 0.148 bits per heavy atom. The Morgan fingerprint density at radius 3 is 0.148 bits per heavy atom. The number of rotatable bonds is 0. The largest absolute Gasteiger partial charge is 4.00 e. The second-order valence-corrected chi connectivity index (χ2v) is 1.50. The molecule has 0 heterocycles. The van der Waals surface area contributed by atoms with E-state index in [1.165, 1.54) is 0 Å². The molecule has 54 heavy (non-hydrogen) atoms. The Bertz CT molecular complexity index is 63.6. The summed E-state index contributed by atoms with van der Waals surface area (Å²) in [6, 6.07) is 0. The van der Waals surface area contributed by atoms with Crippen LogP contribution in [0.25, 0.3) is 0 Å². The maximum Gasteiger partial charge on any atom is 4.00 e. The molecule has 41 nitrogen and oxygen atoms in total. The standard InChI is InChI=1S/12Mo.O4Si.13H2O.24O/c;;;;;;;;;;;;1-5(2,3)4;;;;;;;;;;;;;;;;;;;;;;;;;;;;;;;;;;;;;/h;;;;;;;;;;;;;13*1H2;;;;;;;;;;;;;;;;;;;;;;;;/q12*+4;-4;;;;;;;;;;;;;;24*-2/p+1. The van der Waals surface area contributed by atoms with Gasteiger partial charge in [-0.15, -0.1) is 0 Å². The summed E-state index contributed by atoms with van der Waals surface area (Å²) in [4.78, 5) is 34.3. The summed E-state index contributed by atoms with van der Waals surface area (Å²) < 4.78 is 0. The molecule has 0 aliphatic heterocycles. The predicted octanol–water partition coefficient (Wildman–Crippen LogP) is -18.8. The first-order chi connectivity index (χ1) is 2.00. The molecule has 0 unspecified atom stereocenters. The average molecular weight is 1860 g/mol. The minimum Gasteiger partial charge on any atom is -2.00 e. The summed E-state index contributed by atoms with van der Waals surface area (Å²) >= 11 is 0. The Balaban J connectivity index is -0.0000000000680. The molecule has 0 saturated carbocycles. The van der Waals surface area contributed by atoms with Gasteiger partial charge in [0.15, 0.2) is 0 Å². The molecule has 0 spiro atoms. The second-order valence-electron chi connectivity index (χ2n) is 0.500. The first kappa shape index (κ1) is 1850. The third-order valence-corrected chi connectivity index (χ3v) is 0. The van der Waals surface area contributed by atoms with Crippen molar-refractivity contribution in [1.82, 2.24) is 0 Å².